The Morgan fingerprint density at radius 2 is 1.91 bits per heavy atom. The molecular weight excluding hydrogens is 393 g/mol. The first-order valence-corrected chi connectivity index (χ1v) is 12.0. The van der Waals surface area contributed by atoms with Crippen molar-refractivity contribution >= 4 is 24.4 Å². The van der Waals surface area contributed by atoms with Gasteiger partial charge in [0.15, 0.2) is 5.78 Å². The molecule has 1 aliphatic carbocycles. The highest BCUT2D eigenvalue weighted by Gasteiger charge is 2.35. The monoisotopic (exact) mass is 424 g/mol. The van der Waals surface area contributed by atoms with Gasteiger partial charge in [-0.2, -0.15) is 0 Å². The van der Waals surface area contributed by atoms with Gasteiger partial charge in [-0.25, -0.2) is 0 Å². The number of aliphatic imine (C=N–C) groups is 1. The second-order valence-corrected chi connectivity index (χ2v) is 9.69. The number of hydrogen-bond acceptors (Lipinski definition) is 4. The van der Waals surface area contributed by atoms with E-state index in [9.17, 15) is 4.79 Å². The number of carbonyl (C=O) groups is 1. The second-order valence-electron chi connectivity index (χ2n) is 9.69. The van der Waals surface area contributed by atoms with Crippen LogP contribution in [0.1, 0.15) is 43.4 Å². The fourth-order valence-corrected chi connectivity index (χ4v) is 5.81. The number of benzene rings is 1. The van der Waals surface area contributed by atoms with E-state index in [0.29, 0.717) is 5.61 Å². The molecule has 5 heteroatoms. The summed E-state index contributed by atoms with van der Waals surface area (Å²) in [5.41, 5.74) is 6.83. The van der Waals surface area contributed by atoms with Crippen molar-refractivity contribution < 1.29 is 4.79 Å². The lowest BCUT2D eigenvalue weighted by atomic mass is 9.67. The van der Waals surface area contributed by atoms with Gasteiger partial charge in [-0.05, 0) is 87.1 Å². The van der Waals surface area contributed by atoms with E-state index in [2.05, 4.69) is 53.0 Å². The molecule has 0 spiro atoms. The van der Waals surface area contributed by atoms with Crippen molar-refractivity contribution in [2.45, 2.75) is 46.0 Å². The van der Waals surface area contributed by atoms with Gasteiger partial charge < -0.3 is 4.90 Å². The SMILES string of the molecule is Cc1cc(-c2cccnc2C)cc(N2CCC(C3CCC(C(=O)C4=NC=C[B]4)CC3)C2)c1. The van der Waals surface area contributed by atoms with Crippen LogP contribution in [0.25, 0.3) is 11.1 Å². The summed E-state index contributed by atoms with van der Waals surface area (Å²) in [6.07, 6.45) is 9.21. The maximum atomic E-state index is 12.7. The largest absolute Gasteiger partial charge is 0.371 e. The fourth-order valence-electron chi connectivity index (χ4n) is 5.81. The number of aryl methyl sites for hydroxylation is 2. The van der Waals surface area contributed by atoms with Crippen LogP contribution in [-0.4, -0.2) is 36.7 Å². The lowest BCUT2D eigenvalue weighted by Gasteiger charge is -2.32. The predicted molar refractivity (Wildman–Crippen MR) is 132 cm³/mol. The van der Waals surface area contributed by atoms with E-state index in [4.69, 9.17) is 0 Å². The molecule has 1 unspecified atom stereocenters. The van der Waals surface area contributed by atoms with Gasteiger partial charge in [0.1, 0.15) is 0 Å². The summed E-state index contributed by atoms with van der Waals surface area (Å²) in [5, 5.41) is 0. The number of pyridine rings is 1. The zero-order chi connectivity index (χ0) is 22.1. The van der Waals surface area contributed by atoms with Crippen LogP contribution in [0.3, 0.4) is 0 Å². The lowest BCUT2D eigenvalue weighted by molar-refractivity contribution is -0.117. The molecule has 1 aromatic heterocycles. The zero-order valence-corrected chi connectivity index (χ0v) is 19.1. The van der Waals surface area contributed by atoms with E-state index in [1.54, 1.807) is 6.20 Å². The molecule has 163 valence electrons. The van der Waals surface area contributed by atoms with Crippen LogP contribution in [0.5, 0.6) is 0 Å². The summed E-state index contributed by atoms with van der Waals surface area (Å²) in [6, 6.07) is 11.1. The Hall–Kier alpha value is -2.69. The Morgan fingerprint density at radius 3 is 2.66 bits per heavy atom. The first-order valence-electron chi connectivity index (χ1n) is 12.0. The zero-order valence-electron chi connectivity index (χ0n) is 19.1. The molecule has 1 radical (unpaired) electrons. The summed E-state index contributed by atoms with van der Waals surface area (Å²) >= 11 is 0. The lowest BCUT2D eigenvalue weighted by Crippen LogP contribution is -2.32. The first-order chi connectivity index (χ1) is 15.6. The third-order valence-electron chi connectivity index (χ3n) is 7.59. The maximum Gasteiger partial charge on any atom is 0.213 e. The number of rotatable bonds is 5. The fraction of sp³-hybridized carbons (Fsp3) is 0.444. The summed E-state index contributed by atoms with van der Waals surface area (Å²) in [6.45, 7) is 6.52. The minimum Gasteiger partial charge on any atom is -0.371 e. The van der Waals surface area contributed by atoms with Gasteiger partial charge in [0, 0.05) is 54.0 Å². The Labute approximate surface area is 192 Å². The third kappa shape index (κ3) is 4.30. The Bertz CT molecular complexity index is 1070. The smallest absolute Gasteiger partial charge is 0.213 e. The molecule has 32 heavy (non-hydrogen) atoms. The molecule has 0 amide bonds. The average Bonchev–Trinajstić information content (AvgIpc) is 3.51. The third-order valence-corrected chi connectivity index (χ3v) is 7.59. The van der Waals surface area contributed by atoms with E-state index < -0.39 is 0 Å². The van der Waals surface area contributed by atoms with Crippen LogP contribution >= 0.6 is 0 Å². The van der Waals surface area contributed by atoms with Crippen LogP contribution in [0, 0.1) is 31.6 Å². The number of ketones is 1. The van der Waals surface area contributed by atoms with Crippen LogP contribution in [0.2, 0.25) is 0 Å². The normalized spacial score (nSPS) is 25.0. The minimum absolute atomic E-state index is 0.167. The number of anilines is 1. The Morgan fingerprint density at radius 1 is 1.06 bits per heavy atom. The van der Waals surface area contributed by atoms with E-state index in [1.807, 2.05) is 25.5 Å². The van der Waals surface area contributed by atoms with Gasteiger partial charge >= 0.3 is 0 Å². The molecule has 1 aromatic carbocycles. The Balaban J connectivity index is 1.23. The number of aromatic nitrogens is 1. The molecule has 1 saturated carbocycles. The molecule has 1 saturated heterocycles. The molecule has 5 rings (SSSR count). The molecule has 0 N–H and O–H groups in total. The number of Topliss-reactive ketones (excluding diaryl/α,β-unsaturated/α-hetero) is 1. The van der Waals surface area contributed by atoms with Crippen molar-refractivity contribution in [3.63, 3.8) is 0 Å². The van der Waals surface area contributed by atoms with E-state index in [-0.39, 0.29) is 11.7 Å². The van der Waals surface area contributed by atoms with E-state index >= 15 is 0 Å². The van der Waals surface area contributed by atoms with Crippen molar-refractivity contribution in [3.05, 3.63) is 60.0 Å². The molecule has 2 aliphatic heterocycles. The predicted octanol–water partition coefficient (Wildman–Crippen LogP) is 5.15. The molecule has 2 aromatic rings. The molecule has 0 bridgehead atoms. The highest BCUT2D eigenvalue weighted by Crippen LogP contribution is 2.39. The minimum atomic E-state index is 0.167. The molecule has 3 heterocycles. The quantitative estimate of drug-likeness (QED) is 0.624. The molecule has 2 fully saturated rings. The van der Waals surface area contributed by atoms with E-state index in [1.165, 1.54) is 41.6 Å². The van der Waals surface area contributed by atoms with Crippen molar-refractivity contribution in [3.8, 4) is 11.1 Å². The number of nitrogens with zero attached hydrogens (tertiary/aromatic N) is 3. The van der Waals surface area contributed by atoms with Crippen LogP contribution < -0.4 is 4.90 Å². The highest BCUT2D eigenvalue weighted by atomic mass is 16.1. The standard InChI is InChI=1S/C27H31BN3O/c1-18-14-23(25-4-3-11-29-19(25)2)16-24(15-18)31-13-9-22(17-31)20-5-7-21(8-6-20)26(32)27-28-10-12-30-27/h3-4,10-12,14-16,20-22H,5-9,13,17H2,1-2H3. The van der Waals surface area contributed by atoms with Crippen LogP contribution in [0.4, 0.5) is 5.69 Å². The van der Waals surface area contributed by atoms with Crippen molar-refractivity contribution in [2.24, 2.45) is 22.7 Å². The molecule has 3 aliphatic rings. The van der Waals surface area contributed by atoms with Crippen molar-refractivity contribution in [2.75, 3.05) is 18.0 Å². The number of hydrogen-bond donors (Lipinski definition) is 0. The second kappa shape index (κ2) is 9.05. The van der Waals surface area contributed by atoms with Crippen molar-refractivity contribution in [1.82, 2.24) is 4.98 Å². The maximum absolute atomic E-state index is 12.7. The van der Waals surface area contributed by atoms with Gasteiger partial charge in [0.25, 0.3) is 0 Å². The highest BCUT2D eigenvalue weighted by molar-refractivity contribution is 6.93. The van der Waals surface area contributed by atoms with Crippen LogP contribution in [0.15, 0.2) is 53.7 Å². The molecule has 4 nitrogen and oxygen atoms in total. The van der Waals surface area contributed by atoms with Gasteiger partial charge in [-0.15, -0.1) is 0 Å². The van der Waals surface area contributed by atoms with Crippen LogP contribution in [-0.2, 0) is 4.79 Å². The van der Waals surface area contributed by atoms with E-state index in [0.717, 1.165) is 43.5 Å². The van der Waals surface area contributed by atoms with Gasteiger partial charge in [-0.1, -0.05) is 18.1 Å². The van der Waals surface area contributed by atoms with Crippen molar-refractivity contribution in [1.29, 1.82) is 0 Å². The summed E-state index contributed by atoms with van der Waals surface area (Å²) < 4.78 is 0. The Kier molecular flexibility index (Phi) is 5.99. The average molecular weight is 424 g/mol. The van der Waals surface area contributed by atoms with Gasteiger partial charge in [-0.3, -0.25) is 14.8 Å². The topological polar surface area (TPSA) is 45.6 Å². The molecule has 1 atom stereocenters. The summed E-state index contributed by atoms with van der Waals surface area (Å²) in [7, 11) is 1.85. The summed E-state index contributed by atoms with van der Waals surface area (Å²) in [4.78, 5) is 23.9. The van der Waals surface area contributed by atoms with Gasteiger partial charge in [0.2, 0.25) is 7.28 Å². The summed E-state index contributed by atoms with van der Waals surface area (Å²) in [5.74, 6) is 3.74. The molecular formula is C27H31BN3O. The van der Waals surface area contributed by atoms with Gasteiger partial charge in [0.05, 0.1) is 0 Å². The first kappa shape index (κ1) is 21.2. The number of carbonyl (C=O) groups excluding carboxylic acids is 1.